The zero-order valence-electron chi connectivity index (χ0n) is 15.7. The summed E-state index contributed by atoms with van der Waals surface area (Å²) in [5.74, 6) is 2.04. The van der Waals surface area contributed by atoms with E-state index in [-0.39, 0.29) is 42.0 Å². The largest absolute Gasteiger partial charge is 0.454 e. The number of hydrogen-bond donors (Lipinski definition) is 2. The average Bonchev–Trinajstić information content (AvgIpc) is 3.11. The summed E-state index contributed by atoms with van der Waals surface area (Å²) in [5, 5.41) is 6.59. The summed E-state index contributed by atoms with van der Waals surface area (Å²) in [5.41, 5.74) is 2.02. The highest BCUT2D eigenvalue weighted by Crippen LogP contribution is 2.36. The van der Waals surface area contributed by atoms with Gasteiger partial charge in [-0.15, -0.1) is 24.0 Å². The lowest BCUT2D eigenvalue weighted by molar-refractivity contribution is 0.174. The number of rotatable bonds is 5. The molecule has 0 unspecified atom stereocenters. The van der Waals surface area contributed by atoms with Crippen LogP contribution in [0.2, 0.25) is 0 Å². The molecule has 1 aliphatic rings. The van der Waals surface area contributed by atoms with E-state index in [4.69, 9.17) is 9.47 Å². The van der Waals surface area contributed by atoms with E-state index in [0.717, 1.165) is 22.6 Å². The molecule has 0 aliphatic carbocycles. The van der Waals surface area contributed by atoms with Gasteiger partial charge in [-0.1, -0.05) is 32.0 Å². The molecule has 0 saturated heterocycles. The minimum atomic E-state index is -0.235. The Kier molecular flexibility index (Phi) is 7.29. The third kappa shape index (κ3) is 5.47. The number of guanidine groups is 1. The predicted octanol–water partition coefficient (Wildman–Crippen LogP) is 3.82. The quantitative estimate of drug-likeness (QED) is 0.384. The number of benzene rings is 2. The third-order valence-electron chi connectivity index (χ3n) is 4.45. The van der Waals surface area contributed by atoms with Crippen molar-refractivity contribution in [3.05, 3.63) is 59.4 Å². The number of halogens is 2. The van der Waals surface area contributed by atoms with Gasteiger partial charge in [0.15, 0.2) is 17.5 Å². The smallest absolute Gasteiger partial charge is 0.231 e. The van der Waals surface area contributed by atoms with Crippen LogP contribution in [0.5, 0.6) is 11.5 Å². The maximum atomic E-state index is 13.0. The molecular formula is C20H25FIN3O2. The molecule has 1 aliphatic heterocycles. The molecule has 0 atom stereocenters. The van der Waals surface area contributed by atoms with Crippen LogP contribution in [0.25, 0.3) is 0 Å². The molecule has 2 aromatic rings. The Balaban J connectivity index is 0.00000261. The number of hydrogen-bond acceptors (Lipinski definition) is 3. The SMILES string of the molecule is CN=C(NCc1ccc(F)cc1)NCC(C)(C)c1ccc2c(c1)OCO2.I. The highest BCUT2D eigenvalue weighted by Gasteiger charge is 2.24. The summed E-state index contributed by atoms with van der Waals surface area (Å²) in [6.45, 7) is 5.85. The second kappa shape index (κ2) is 9.25. The number of ether oxygens (including phenoxy) is 2. The van der Waals surface area contributed by atoms with Crippen molar-refractivity contribution in [1.29, 1.82) is 0 Å². The van der Waals surface area contributed by atoms with Gasteiger partial charge in [0.2, 0.25) is 6.79 Å². The summed E-state index contributed by atoms with van der Waals surface area (Å²) >= 11 is 0. The van der Waals surface area contributed by atoms with Crippen LogP contribution < -0.4 is 20.1 Å². The summed E-state index contributed by atoms with van der Waals surface area (Å²) in [6.07, 6.45) is 0. The summed E-state index contributed by atoms with van der Waals surface area (Å²) < 4.78 is 23.8. The average molecular weight is 485 g/mol. The van der Waals surface area contributed by atoms with Crippen LogP contribution in [-0.2, 0) is 12.0 Å². The predicted molar refractivity (Wildman–Crippen MR) is 116 cm³/mol. The van der Waals surface area contributed by atoms with Crippen molar-refractivity contribution in [3.63, 3.8) is 0 Å². The van der Waals surface area contributed by atoms with Gasteiger partial charge in [-0.2, -0.15) is 0 Å². The van der Waals surface area contributed by atoms with Gasteiger partial charge in [0, 0.05) is 25.6 Å². The molecule has 0 aromatic heterocycles. The molecule has 0 saturated carbocycles. The van der Waals surface area contributed by atoms with E-state index in [1.54, 1.807) is 19.2 Å². The van der Waals surface area contributed by atoms with Crippen LogP contribution in [-0.4, -0.2) is 26.3 Å². The highest BCUT2D eigenvalue weighted by atomic mass is 127. The third-order valence-corrected chi connectivity index (χ3v) is 4.45. The fraction of sp³-hybridized carbons (Fsp3) is 0.350. The number of aliphatic imine (C=N–C) groups is 1. The molecule has 27 heavy (non-hydrogen) atoms. The summed E-state index contributed by atoms with van der Waals surface area (Å²) in [4.78, 5) is 4.25. The van der Waals surface area contributed by atoms with Gasteiger partial charge in [0.1, 0.15) is 5.82 Å². The monoisotopic (exact) mass is 485 g/mol. The molecule has 1 heterocycles. The minimum absolute atomic E-state index is 0. The summed E-state index contributed by atoms with van der Waals surface area (Å²) in [7, 11) is 1.73. The van der Waals surface area contributed by atoms with E-state index in [9.17, 15) is 4.39 Å². The van der Waals surface area contributed by atoms with Crippen molar-refractivity contribution in [2.24, 2.45) is 4.99 Å². The van der Waals surface area contributed by atoms with Crippen molar-refractivity contribution in [2.45, 2.75) is 25.8 Å². The number of nitrogens with one attached hydrogen (secondary N) is 2. The van der Waals surface area contributed by atoms with E-state index in [0.29, 0.717) is 19.0 Å². The Labute approximate surface area is 176 Å². The molecule has 0 spiro atoms. The number of nitrogens with zero attached hydrogens (tertiary/aromatic N) is 1. The Morgan fingerprint density at radius 2 is 1.78 bits per heavy atom. The molecule has 0 amide bonds. The second-order valence-corrected chi connectivity index (χ2v) is 6.86. The molecule has 5 nitrogen and oxygen atoms in total. The van der Waals surface area contributed by atoms with Gasteiger partial charge in [0.05, 0.1) is 0 Å². The van der Waals surface area contributed by atoms with Crippen molar-refractivity contribution in [1.82, 2.24) is 10.6 Å². The Hall–Kier alpha value is -2.03. The topological polar surface area (TPSA) is 54.9 Å². The van der Waals surface area contributed by atoms with Crippen molar-refractivity contribution < 1.29 is 13.9 Å². The van der Waals surface area contributed by atoms with Crippen molar-refractivity contribution in [3.8, 4) is 11.5 Å². The lowest BCUT2D eigenvalue weighted by Gasteiger charge is -2.27. The molecular weight excluding hydrogens is 460 g/mol. The lowest BCUT2D eigenvalue weighted by Crippen LogP contribution is -2.43. The van der Waals surface area contributed by atoms with Crippen LogP contribution in [0.3, 0.4) is 0 Å². The van der Waals surface area contributed by atoms with Crippen LogP contribution >= 0.6 is 24.0 Å². The second-order valence-electron chi connectivity index (χ2n) is 6.86. The van der Waals surface area contributed by atoms with Crippen molar-refractivity contribution in [2.75, 3.05) is 20.4 Å². The maximum absolute atomic E-state index is 13.0. The van der Waals surface area contributed by atoms with Gasteiger partial charge in [-0.05, 0) is 35.4 Å². The zero-order chi connectivity index (χ0) is 18.6. The van der Waals surface area contributed by atoms with E-state index in [1.165, 1.54) is 12.1 Å². The first-order valence-electron chi connectivity index (χ1n) is 8.57. The first kappa shape index (κ1) is 21.3. The Morgan fingerprint density at radius 3 is 2.48 bits per heavy atom. The molecule has 2 N–H and O–H groups in total. The molecule has 0 fully saturated rings. The fourth-order valence-electron chi connectivity index (χ4n) is 2.73. The first-order chi connectivity index (χ1) is 12.5. The van der Waals surface area contributed by atoms with Gasteiger partial charge in [0.25, 0.3) is 0 Å². The van der Waals surface area contributed by atoms with E-state index in [2.05, 4.69) is 35.5 Å². The normalized spacial score (nSPS) is 13.1. The van der Waals surface area contributed by atoms with Crippen LogP contribution in [0.15, 0.2) is 47.5 Å². The van der Waals surface area contributed by atoms with Crippen LogP contribution in [0.1, 0.15) is 25.0 Å². The molecule has 2 aromatic carbocycles. The standard InChI is InChI=1S/C20H24FN3O2.HI/c1-20(2,15-6-9-17-18(10-15)26-13-25-17)12-24-19(22-3)23-11-14-4-7-16(21)8-5-14;/h4-10H,11-13H2,1-3H3,(H2,22,23,24);1H. The van der Waals surface area contributed by atoms with E-state index < -0.39 is 0 Å². The van der Waals surface area contributed by atoms with Crippen LogP contribution in [0, 0.1) is 5.82 Å². The van der Waals surface area contributed by atoms with Gasteiger partial charge >= 0.3 is 0 Å². The molecule has 0 bridgehead atoms. The first-order valence-corrected chi connectivity index (χ1v) is 8.57. The van der Waals surface area contributed by atoms with E-state index >= 15 is 0 Å². The Bertz CT molecular complexity index is 794. The molecule has 146 valence electrons. The lowest BCUT2D eigenvalue weighted by atomic mass is 9.84. The number of fused-ring (bicyclic) bond motifs is 1. The van der Waals surface area contributed by atoms with Crippen molar-refractivity contribution >= 4 is 29.9 Å². The maximum Gasteiger partial charge on any atom is 0.231 e. The van der Waals surface area contributed by atoms with E-state index in [1.807, 2.05) is 12.1 Å². The van der Waals surface area contributed by atoms with Gasteiger partial charge in [-0.3, -0.25) is 4.99 Å². The molecule has 3 rings (SSSR count). The minimum Gasteiger partial charge on any atom is -0.454 e. The van der Waals surface area contributed by atoms with Gasteiger partial charge < -0.3 is 20.1 Å². The molecule has 7 heteroatoms. The van der Waals surface area contributed by atoms with Gasteiger partial charge in [-0.25, -0.2) is 4.39 Å². The highest BCUT2D eigenvalue weighted by molar-refractivity contribution is 14.0. The summed E-state index contributed by atoms with van der Waals surface area (Å²) in [6, 6.07) is 12.5. The van der Waals surface area contributed by atoms with Crippen LogP contribution in [0.4, 0.5) is 4.39 Å². The Morgan fingerprint density at radius 1 is 1.07 bits per heavy atom. The zero-order valence-corrected chi connectivity index (χ0v) is 18.0. The fourth-order valence-corrected chi connectivity index (χ4v) is 2.73. The molecule has 0 radical (unpaired) electrons.